The first-order chi connectivity index (χ1) is 10.1. The summed E-state index contributed by atoms with van der Waals surface area (Å²) < 4.78 is 5.25. The number of halogens is 1. The summed E-state index contributed by atoms with van der Waals surface area (Å²) in [6.45, 7) is 6.74. The minimum Gasteiger partial charge on any atom is -0.461 e. The lowest BCUT2D eigenvalue weighted by Crippen LogP contribution is -2.51. The van der Waals surface area contributed by atoms with Gasteiger partial charge in [0.15, 0.2) is 0 Å². The van der Waals surface area contributed by atoms with Crippen LogP contribution in [0.25, 0.3) is 0 Å². The van der Waals surface area contributed by atoms with Crippen LogP contribution in [-0.4, -0.2) is 54.1 Å². The van der Waals surface area contributed by atoms with Crippen molar-refractivity contribution < 1.29 is 9.53 Å². The highest BCUT2D eigenvalue weighted by Gasteiger charge is 2.37. The molecule has 0 N–H and O–H groups in total. The number of rotatable bonds is 3. The first kappa shape index (κ1) is 14.8. The van der Waals surface area contributed by atoms with Crippen molar-refractivity contribution in [3.8, 4) is 0 Å². The molecule has 0 amide bonds. The highest BCUT2D eigenvalue weighted by Crippen LogP contribution is 2.21. The number of benzene rings is 1. The lowest BCUT2D eigenvalue weighted by atomic mass is 10.1. The Balaban J connectivity index is 1.51. The highest BCUT2D eigenvalue weighted by molar-refractivity contribution is 6.30. The zero-order valence-corrected chi connectivity index (χ0v) is 13.1. The van der Waals surface area contributed by atoms with Crippen molar-refractivity contribution in [2.75, 3.05) is 26.2 Å². The smallest absolute Gasteiger partial charge is 0.323 e. The zero-order valence-electron chi connectivity index (χ0n) is 12.3. The van der Waals surface area contributed by atoms with Crippen LogP contribution in [0.1, 0.15) is 18.9 Å². The molecule has 4 nitrogen and oxygen atoms in total. The highest BCUT2D eigenvalue weighted by atomic mass is 35.5. The van der Waals surface area contributed by atoms with E-state index in [2.05, 4.69) is 21.9 Å². The number of hydrogen-bond donors (Lipinski definition) is 0. The topological polar surface area (TPSA) is 32.8 Å². The van der Waals surface area contributed by atoms with E-state index in [-0.39, 0.29) is 18.1 Å². The molecule has 3 rings (SSSR count). The van der Waals surface area contributed by atoms with Crippen LogP contribution in [0.3, 0.4) is 0 Å². The Kier molecular flexibility index (Phi) is 4.48. The summed E-state index contributed by atoms with van der Waals surface area (Å²) in [6, 6.07) is 7.99. The minimum atomic E-state index is -0.0475. The van der Waals surface area contributed by atoms with Gasteiger partial charge in [0, 0.05) is 44.2 Å². The van der Waals surface area contributed by atoms with Gasteiger partial charge in [0.2, 0.25) is 0 Å². The van der Waals surface area contributed by atoms with E-state index < -0.39 is 0 Å². The molecule has 114 valence electrons. The Bertz CT molecular complexity index is 498. The van der Waals surface area contributed by atoms with Crippen LogP contribution in [0.4, 0.5) is 0 Å². The van der Waals surface area contributed by atoms with Crippen molar-refractivity contribution in [2.45, 2.75) is 32.0 Å². The quantitative estimate of drug-likeness (QED) is 0.801. The molecular weight excluding hydrogens is 288 g/mol. The summed E-state index contributed by atoms with van der Waals surface area (Å²) in [5.41, 5.74) is 1.28. The van der Waals surface area contributed by atoms with Crippen molar-refractivity contribution in [2.24, 2.45) is 0 Å². The summed E-state index contributed by atoms with van der Waals surface area (Å²) in [5.74, 6) is -0.0475. The Morgan fingerprint density at radius 2 is 1.86 bits per heavy atom. The second-order valence-electron chi connectivity index (χ2n) is 5.94. The van der Waals surface area contributed by atoms with Gasteiger partial charge in [-0.2, -0.15) is 0 Å². The van der Waals surface area contributed by atoms with Gasteiger partial charge in [0.25, 0.3) is 0 Å². The van der Waals surface area contributed by atoms with Crippen LogP contribution in [0.2, 0.25) is 5.02 Å². The van der Waals surface area contributed by atoms with Gasteiger partial charge in [-0.25, -0.2) is 0 Å². The molecule has 2 heterocycles. The largest absolute Gasteiger partial charge is 0.461 e. The summed E-state index contributed by atoms with van der Waals surface area (Å²) in [7, 11) is 0. The molecule has 1 aromatic rings. The Morgan fingerprint density at radius 1 is 1.19 bits per heavy atom. The van der Waals surface area contributed by atoms with E-state index in [0.29, 0.717) is 0 Å². The minimum absolute atomic E-state index is 0.0299. The molecule has 2 unspecified atom stereocenters. The van der Waals surface area contributed by atoms with Gasteiger partial charge >= 0.3 is 5.97 Å². The molecule has 0 radical (unpaired) electrons. The first-order valence-electron chi connectivity index (χ1n) is 7.53. The van der Waals surface area contributed by atoms with E-state index in [9.17, 15) is 4.79 Å². The molecule has 0 aromatic heterocycles. The molecule has 0 aliphatic carbocycles. The fraction of sp³-hybridized carbons (Fsp3) is 0.562. The van der Waals surface area contributed by atoms with E-state index in [1.807, 2.05) is 19.1 Å². The van der Waals surface area contributed by atoms with Crippen LogP contribution in [0.5, 0.6) is 0 Å². The fourth-order valence-corrected chi connectivity index (χ4v) is 3.24. The van der Waals surface area contributed by atoms with Crippen molar-refractivity contribution in [3.05, 3.63) is 34.9 Å². The van der Waals surface area contributed by atoms with E-state index in [1.165, 1.54) is 5.56 Å². The molecule has 1 aromatic carbocycles. The molecule has 2 aliphatic heterocycles. The van der Waals surface area contributed by atoms with Gasteiger partial charge < -0.3 is 4.74 Å². The van der Waals surface area contributed by atoms with Crippen molar-refractivity contribution in [1.29, 1.82) is 0 Å². The molecule has 2 saturated heterocycles. The molecule has 5 heteroatoms. The van der Waals surface area contributed by atoms with Gasteiger partial charge in [-0.3, -0.25) is 14.6 Å². The summed E-state index contributed by atoms with van der Waals surface area (Å²) in [6.07, 6.45) is 0.894. The number of ether oxygens (including phenoxy) is 1. The lowest BCUT2D eigenvalue weighted by Gasteiger charge is -2.36. The number of esters is 1. The second kappa shape index (κ2) is 6.34. The average Bonchev–Trinajstić information content (AvgIpc) is 2.81. The normalized spacial score (nSPS) is 27.8. The third-order valence-electron chi connectivity index (χ3n) is 4.31. The number of carbonyl (C=O) groups excluding carboxylic acids is 1. The predicted molar refractivity (Wildman–Crippen MR) is 82.3 cm³/mol. The van der Waals surface area contributed by atoms with Gasteiger partial charge in [-0.1, -0.05) is 23.7 Å². The fourth-order valence-electron chi connectivity index (χ4n) is 3.11. The van der Waals surface area contributed by atoms with E-state index in [0.717, 1.165) is 44.2 Å². The molecule has 2 fully saturated rings. The molecule has 0 saturated carbocycles. The van der Waals surface area contributed by atoms with Gasteiger partial charge in [-0.05, 0) is 24.6 Å². The lowest BCUT2D eigenvalue weighted by molar-refractivity contribution is -0.145. The van der Waals surface area contributed by atoms with Crippen LogP contribution in [0, 0.1) is 0 Å². The number of nitrogens with zero attached hydrogens (tertiary/aromatic N) is 2. The van der Waals surface area contributed by atoms with E-state index in [1.54, 1.807) is 0 Å². The monoisotopic (exact) mass is 308 g/mol. The number of carbonyl (C=O) groups is 1. The van der Waals surface area contributed by atoms with Crippen molar-refractivity contribution in [1.82, 2.24) is 9.80 Å². The predicted octanol–water partition coefficient (Wildman–Crippen LogP) is 2.16. The van der Waals surface area contributed by atoms with Crippen LogP contribution in [-0.2, 0) is 16.1 Å². The molecule has 0 bridgehead atoms. The van der Waals surface area contributed by atoms with Gasteiger partial charge in [0.1, 0.15) is 12.1 Å². The van der Waals surface area contributed by atoms with E-state index >= 15 is 0 Å². The summed E-state index contributed by atoms with van der Waals surface area (Å²) >= 11 is 5.91. The first-order valence-corrected chi connectivity index (χ1v) is 7.91. The van der Waals surface area contributed by atoms with Crippen molar-refractivity contribution >= 4 is 17.6 Å². The molecule has 2 aliphatic rings. The van der Waals surface area contributed by atoms with Gasteiger partial charge in [-0.15, -0.1) is 0 Å². The second-order valence-corrected chi connectivity index (χ2v) is 6.37. The molecule has 21 heavy (non-hydrogen) atoms. The third kappa shape index (κ3) is 3.57. The molecule has 2 atom stereocenters. The van der Waals surface area contributed by atoms with Crippen molar-refractivity contribution in [3.63, 3.8) is 0 Å². The molecular formula is C16H21ClN2O2. The summed E-state index contributed by atoms with van der Waals surface area (Å²) in [5, 5.41) is 0.775. The maximum absolute atomic E-state index is 11.8. The SMILES string of the molecule is CC1CC(N2CCN(Cc3ccc(Cl)cc3)CC2)C(=O)O1. The average molecular weight is 309 g/mol. The number of hydrogen-bond acceptors (Lipinski definition) is 4. The standard InChI is InChI=1S/C16H21ClN2O2/c1-12-10-15(16(20)21-12)19-8-6-18(7-9-19)11-13-2-4-14(17)5-3-13/h2-5,12,15H,6-11H2,1H3. The summed E-state index contributed by atoms with van der Waals surface area (Å²) in [4.78, 5) is 16.5. The Labute approximate surface area is 130 Å². The Hall–Kier alpha value is -1.10. The number of cyclic esters (lactones) is 1. The molecule has 0 spiro atoms. The maximum Gasteiger partial charge on any atom is 0.323 e. The Morgan fingerprint density at radius 3 is 2.43 bits per heavy atom. The third-order valence-corrected chi connectivity index (χ3v) is 4.56. The van der Waals surface area contributed by atoms with E-state index in [4.69, 9.17) is 16.3 Å². The van der Waals surface area contributed by atoms with Gasteiger partial charge in [0.05, 0.1) is 0 Å². The maximum atomic E-state index is 11.8. The zero-order chi connectivity index (χ0) is 14.8. The number of piperazine rings is 1. The van der Waals surface area contributed by atoms with Crippen LogP contribution < -0.4 is 0 Å². The van der Waals surface area contributed by atoms with Crippen LogP contribution >= 0.6 is 11.6 Å². The van der Waals surface area contributed by atoms with Crippen LogP contribution in [0.15, 0.2) is 24.3 Å².